The molecule has 2 amide bonds. The van der Waals surface area contributed by atoms with Crippen LogP contribution in [0.5, 0.6) is 5.75 Å². The highest BCUT2D eigenvalue weighted by Crippen LogP contribution is 2.26. The summed E-state index contributed by atoms with van der Waals surface area (Å²) >= 11 is 0. The summed E-state index contributed by atoms with van der Waals surface area (Å²) in [4.78, 5) is 15.4. The van der Waals surface area contributed by atoms with Gasteiger partial charge in [-0.2, -0.15) is 0 Å². The van der Waals surface area contributed by atoms with Crippen LogP contribution in [0.25, 0.3) is 0 Å². The maximum absolute atomic E-state index is 12.5. The molecular weight excluding hydrogens is 380 g/mol. The Morgan fingerprint density at radius 1 is 1.23 bits per heavy atom. The van der Waals surface area contributed by atoms with Gasteiger partial charge in [-0.05, 0) is 50.6 Å². The summed E-state index contributed by atoms with van der Waals surface area (Å²) in [6, 6.07) is 5.24. The van der Waals surface area contributed by atoms with Gasteiger partial charge in [0.25, 0.3) is 10.0 Å². The molecule has 26 heavy (non-hydrogen) atoms. The lowest BCUT2D eigenvalue weighted by atomic mass is 10.2. The first kappa shape index (κ1) is 21.5. The fourth-order valence-electron chi connectivity index (χ4n) is 2.05. The summed E-state index contributed by atoms with van der Waals surface area (Å²) in [6.07, 6.45) is 2.59. The molecule has 1 aromatic carbocycles. The van der Waals surface area contributed by atoms with Crippen LogP contribution in [0.3, 0.4) is 0 Å². The average molecular weight is 401 g/mol. The Morgan fingerprint density at radius 2 is 1.92 bits per heavy atom. The third kappa shape index (κ3) is 5.50. The van der Waals surface area contributed by atoms with E-state index < -0.39 is 16.1 Å². The fourth-order valence-corrected chi connectivity index (χ4v) is 3.08. The number of urea groups is 1. The number of phenolic OH excluding ortho intramolecular Hbond substituents is 1. The molecule has 0 bridgehead atoms. The van der Waals surface area contributed by atoms with Crippen LogP contribution in [0.2, 0.25) is 0 Å². The Morgan fingerprint density at radius 3 is 2.54 bits per heavy atom. The van der Waals surface area contributed by atoms with Gasteiger partial charge in [-0.15, -0.1) is 12.4 Å². The average Bonchev–Trinajstić information content (AvgIpc) is 2.50. The number of amides is 2. The molecule has 142 valence electrons. The Bertz CT molecular complexity index is 888. The molecule has 4 N–H and O–H groups in total. The van der Waals surface area contributed by atoms with E-state index in [0.717, 1.165) is 6.20 Å². The van der Waals surface area contributed by atoms with Crippen LogP contribution in [0.4, 0.5) is 16.2 Å². The molecule has 10 heteroatoms. The van der Waals surface area contributed by atoms with Gasteiger partial charge in [0.15, 0.2) is 0 Å². The molecule has 0 aliphatic carbocycles. The number of benzene rings is 1. The van der Waals surface area contributed by atoms with E-state index in [0.29, 0.717) is 11.3 Å². The second-order valence-electron chi connectivity index (χ2n) is 5.73. The monoisotopic (exact) mass is 400 g/mol. The van der Waals surface area contributed by atoms with Gasteiger partial charge in [-0.3, -0.25) is 4.98 Å². The summed E-state index contributed by atoms with van der Waals surface area (Å²) in [6.45, 7) is 5.16. The van der Waals surface area contributed by atoms with Gasteiger partial charge in [0, 0.05) is 24.1 Å². The summed E-state index contributed by atoms with van der Waals surface area (Å²) in [5.41, 5.74) is 1.48. The van der Waals surface area contributed by atoms with Crippen molar-refractivity contribution in [1.29, 1.82) is 0 Å². The number of hydrogen-bond donors (Lipinski definition) is 4. The van der Waals surface area contributed by atoms with Crippen molar-refractivity contribution >= 4 is 39.8 Å². The molecular formula is C16H21ClN4O4S. The largest absolute Gasteiger partial charge is 0.508 e. The van der Waals surface area contributed by atoms with E-state index >= 15 is 0 Å². The van der Waals surface area contributed by atoms with Crippen LogP contribution < -0.4 is 15.4 Å². The lowest BCUT2D eigenvalue weighted by Gasteiger charge is -2.14. The molecule has 1 heterocycles. The van der Waals surface area contributed by atoms with Gasteiger partial charge in [0.2, 0.25) is 0 Å². The van der Waals surface area contributed by atoms with Crippen molar-refractivity contribution in [3.63, 3.8) is 0 Å². The molecule has 0 radical (unpaired) electrons. The van der Waals surface area contributed by atoms with Gasteiger partial charge >= 0.3 is 6.03 Å². The molecule has 0 aliphatic heterocycles. The maximum atomic E-state index is 12.5. The topological polar surface area (TPSA) is 120 Å². The normalized spacial score (nSPS) is 10.8. The first-order valence-corrected chi connectivity index (χ1v) is 9.01. The zero-order valence-corrected chi connectivity index (χ0v) is 16.1. The number of phenols is 1. The minimum absolute atomic E-state index is 0. The number of hydrogen-bond acceptors (Lipinski definition) is 6. The summed E-state index contributed by atoms with van der Waals surface area (Å²) in [5, 5.41) is 15.0. The fraction of sp³-hybridized carbons (Fsp3) is 0.250. The van der Waals surface area contributed by atoms with E-state index in [1.165, 1.54) is 18.3 Å². The summed E-state index contributed by atoms with van der Waals surface area (Å²) in [7, 11) is -4.11. The third-order valence-electron chi connectivity index (χ3n) is 3.20. The molecule has 8 nitrogen and oxygen atoms in total. The maximum Gasteiger partial charge on any atom is 0.328 e. The number of anilines is 2. The number of nitrogens with one attached hydrogen (secondary N) is 3. The van der Waals surface area contributed by atoms with Crippen molar-refractivity contribution in [1.82, 2.24) is 15.0 Å². The SMILES string of the molecule is Cc1cc(Nc2ccncc2S(=O)(=O)NC(=O)NC(C)C)ccc1O.Cl. The highest BCUT2D eigenvalue weighted by molar-refractivity contribution is 7.90. The van der Waals surface area contributed by atoms with E-state index in [-0.39, 0.29) is 34.8 Å². The molecule has 2 aromatic rings. The van der Waals surface area contributed by atoms with Crippen molar-refractivity contribution in [2.24, 2.45) is 0 Å². The van der Waals surface area contributed by atoms with Crippen molar-refractivity contribution in [3.8, 4) is 5.75 Å². The van der Waals surface area contributed by atoms with Crippen molar-refractivity contribution in [2.75, 3.05) is 5.32 Å². The Hall–Kier alpha value is -2.52. The van der Waals surface area contributed by atoms with Gasteiger partial charge < -0.3 is 15.7 Å². The van der Waals surface area contributed by atoms with Crippen molar-refractivity contribution in [2.45, 2.75) is 31.7 Å². The quantitative estimate of drug-likeness (QED) is 0.572. The molecule has 1 aromatic heterocycles. The predicted molar refractivity (Wildman–Crippen MR) is 102 cm³/mol. The van der Waals surface area contributed by atoms with Crippen molar-refractivity contribution in [3.05, 3.63) is 42.2 Å². The third-order valence-corrected chi connectivity index (χ3v) is 4.56. The van der Waals surface area contributed by atoms with Gasteiger partial charge in [-0.25, -0.2) is 17.9 Å². The Balaban J connectivity index is 0.00000338. The highest BCUT2D eigenvalue weighted by atomic mass is 35.5. The first-order chi connectivity index (χ1) is 11.7. The molecule has 0 unspecified atom stereocenters. The lowest BCUT2D eigenvalue weighted by Crippen LogP contribution is -2.42. The van der Waals surface area contributed by atoms with E-state index in [2.05, 4.69) is 15.6 Å². The van der Waals surface area contributed by atoms with E-state index in [9.17, 15) is 18.3 Å². The number of halogens is 1. The van der Waals surface area contributed by atoms with Gasteiger partial charge in [-0.1, -0.05) is 0 Å². The highest BCUT2D eigenvalue weighted by Gasteiger charge is 2.22. The summed E-state index contributed by atoms with van der Waals surface area (Å²) in [5.74, 6) is 0.139. The van der Waals surface area contributed by atoms with Crippen LogP contribution >= 0.6 is 12.4 Å². The summed E-state index contributed by atoms with van der Waals surface area (Å²) < 4.78 is 26.9. The molecule has 0 fully saturated rings. The molecule has 0 aliphatic rings. The van der Waals surface area contributed by atoms with E-state index in [1.54, 1.807) is 32.9 Å². The second kappa shape index (κ2) is 8.72. The first-order valence-electron chi connectivity index (χ1n) is 7.53. The smallest absolute Gasteiger partial charge is 0.328 e. The Labute approximate surface area is 158 Å². The number of aromatic hydroxyl groups is 1. The van der Waals surface area contributed by atoms with Crippen LogP contribution in [0.15, 0.2) is 41.6 Å². The molecule has 0 saturated heterocycles. The minimum atomic E-state index is -4.11. The number of rotatable bonds is 5. The number of aromatic nitrogens is 1. The number of pyridine rings is 1. The van der Waals surface area contributed by atoms with Crippen LogP contribution in [-0.4, -0.2) is 30.6 Å². The van der Waals surface area contributed by atoms with Gasteiger partial charge in [0.05, 0.1) is 5.69 Å². The van der Waals surface area contributed by atoms with Crippen LogP contribution in [0, 0.1) is 6.92 Å². The number of nitrogens with zero attached hydrogens (tertiary/aromatic N) is 1. The number of sulfonamides is 1. The van der Waals surface area contributed by atoms with Crippen LogP contribution in [-0.2, 0) is 10.0 Å². The van der Waals surface area contributed by atoms with Gasteiger partial charge in [0.1, 0.15) is 10.6 Å². The number of aryl methyl sites for hydroxylation is 1. The van der Waals surface area contributed by atoms with E-state index in [4.69, 9.17) is 0 Å². The minimum Gasteiger partial charge on any atom is -0.508 e. The molecule has 0 spiro atoms. The Kier molecular flexibility index (Phi) is 7.22. The van der Waals surface area contributed by atoms with Crippen molar-refractivity contribution < 1.29 is 18.3 Å². The molecule has 2 rings (SSSR count). The van der Waals surface area contributed by atoms with Crippen LogP contribution in [0.1, 0.15) is 19.4 Å². The molecule has 0 saturated carbocycles. The molecule has 0 atom stereocenters. The predicted octanol–water partition coefficient (Wildman–Crippen LogP) is 2.66. The zero-order chi connectivity index (χ0) is 18.6. The van der Waals surface area contributed by atoms with E-state index in [1.807, 2.05) is 4.72 Å². The zero-order valence-electron chi connectivity index (χ0n) is 14.5. The standard InChI is InChI=1S/C16H20N4O4S.ClH/c1-10(2)18-16(22)20-25(23,24)15-9-17-7-6-13(15)19-12-4-5-14(21)11(3)8-12;/h4-10,21H,1-3H3,(H,17,19)(H2,18,20,22);1H. The lowest BCUT2D eigenvalue weighted by molar-refractivity contribution is 0.243. The number of carbonyl (C=O) groups excluding carboxylic acids is 1. The second-order valence-corrected chi connectivity index (χ2v) is 7.38. The number of carbonyl (C=O) groups is 1.